The molecule has 2 amide bonds. The fraction of sp³-hybridized carbons (Fsp3) is 0.591. The van der Waals surface area contributed by atoms with E-state index in [1.165, 1.54) is 21.3 Å². The number of nitrogens with two attached hydrogens (primary N) is 1. The summed E-state index contributed by atoms with van der Waals surface area (Å²) in [5.74, 6) is 0.930. The van der Waals surface area contributed by atoms with Gasteiger partial charge in [-0.25, -0.2) is 4.79 Å². The summed E-state index contributed by atoms with van der Waals surface area (Å²) in [6, 6.07) is 2.55. The molecule has 0 heterocycles. The Kier molecular flexibility index (Phi) is 10.6. The van der Waals surface area contributed by atoms with Crippen LogP contribution in [0.4, 0.5) is 10.5 Å². The van der Waals surface area contributed by atoms with Crippen molar-refractivity contribution >= 4 is 23.5 Å². The van der Waals surface area contributed by atoms with Gasteiger partial charge in [-0.1, -0.05) is 19.0 Å². The van der Waals surface area contributed by atoms with Gasteiger partial charge >= 0.3 is 6.09 Å². The molecule has 0 radical (unpaired) electrons. The molecule has 186 valence electrons. The van der Waals surface area contributed by atoms with Gasteiger partial charge in [-0.15, -0.1) is 0 Å². The van der Waals surface area contributed by atoms with Crippen molar-refractivity contribution in [1.29, 1.82) is 0 Å². The second-order valence-corrected chi connectivity index (χ2v) is 8.58. The lowest BCUT2D eigenvalue weighted by Gasteiger charge is -2.24. The second-order valence-electron chi connectivity index (χ2n) is 8.58. The number of ether oxygens (including phenoxy) is 4. The largest absolute Gasteiger partial charge is 0.493 e. The molecule has 1 rings (SSSR count). The van der Waals surface area contributed by atoms with Gasteiger partial charge in [0.25, 0.3) is 5.91 Å². The van der Waals surface area contributed by atoms with E-state index in [0.717, 1.165) is 0 Å². The highest BCUT2D eigenvalue weighted by Crippen LogP contribution is 2.39. The molecule has 1 aromatic rings. The maximum absolute atomic E-state index is 12.3. The zero-order chi connectivity index (χ0) is 25.2. The molecule has 0 aromatic heterocycles. The Morgan fingerprint density at radius 3 is 2.09 bits per heavy atom. The summed E-state index contributed by atoms with van der Waals surface area (Å²) < 4.78 is 21.0. The van der Waals surface area contributed by atoms with Crippen LogP contribution in [0.5, 0.6) is 17.2 Å². The van der Waals surface area contributed by atoms with E-state index in [9.17, 15) is 9.59 Å². The summed E-state index contributed by atoms with van der Waals surface area (Å²) in [5, 5.41) is 9.14. The molecule has 0 spiro atoms. The Bertz CT molecular complexity index is 810. The van der Waals surface area contributed by atoms with Gasteiger partial charge in [0.2, 0.25) is 5.75 Å². The van der Waals surface area contributed by atoms with Crippen LogP contribution in [0.25, 0.3) is 0 Å². The number of benzene rings is 1. The van der Waals surface area contributed by atoms with Crippen molar-refractivity contribution in [3.05, 3.63) is 12.1 Å². The van der Waals surface area contributed by atoms with Crippen molar-refractivity contribution in [1.82, 2.24) is 5.32 Å². The Balaban J connectivity index is 2.78. The fourth-order valence-electron chi connectivity index (χ4n) is 2.75. The highest BCUT2D eigenvalue weighted by molar-refractivity contribution is 5.93. The summed E-state index contributed by atoms with van der Waals surface area (Å²) in [6.07, 6.45) is -0.110. The molecule has 1 aromatic carbocycles. The fourth-order valence-corrected chi connectivity index (χ4v) is 2.75. The Morgan fingerprint density at radius 2 is 1.64 bits per heavy atom. The van der Waals surface area contributed by atoms with E-state index in [1.54, 1.807) is 32.9 Å². The minimum atomic E-state index is -0.653. The second kappa shape index (κ2) is 12.6. The molecule has 0 fully saturated rings. The molecule has 4 N–H and O–H groups in total. The highest BCUT2D eigenvalue weighted by atomic mass is 16.6. The van der Waals surface area contributed by atoms with E-state index in [-0.39, 0.29) is 11.8 Å². The number of carbonyl (C=O) groups is 2. The van der Waals surface area contributed by atoms with Gasteiger partial charge in [0.15, 0.2) is 23.9 Å². The van der Waals surface area contributed by atoms with Gasteiger partial charge in [0.05, 0.1) is 27.4 Å². The molecular weight excluding hydrogens is 432 g/mol. The molecule has 33 heavy (non-hydrogen) atoms. The van der Waals surface area contributed by atoms with Gasteiger partial charge in [-0.3, -0.25) is 4.79 Å². The van der Waals surface area contributed by atoms with Crippen molar-refractivity contribution in [3.8, 4) is 17.2 Å². The van der Waals surface area contributed by atoms with Gasteiger partial charge < -0.3 is 40.2 Å². The van der Waals surface area contributed by atoms with Crippen molar-refractivity contribution in [2.75, 3.05) is 33.3 Å². The zero-order valence-corrected chi connectivity index (χ0v) is 20.6. The van der Waals surface area contributed by atoms with E-state index in [2.05, 4.69) is 15.8 Å². The van der Waals surface area contributed by atoms with Crippen LogP contribution in [0.1, 0.15) is 41.0 Å². The van der Waals surface area contributed by atoms with E-state index >= 15 is 0 Å². The summed E-state index contributed by atoms with van der Waals surface area (Å²) >= 11 is 0. The summed E-state index contributed by atoms with van der Waals surface area (Å²) in [4.78, 5) is 29.5. The van der Waals surface area contributed by atoms with Gasteiger partial charge in [0, 0.05) is 17.8 Å². The molecular formula is C22H36N4O7. The average Bonchev–Trinajstić information content (AvgIpc) is 2.70. The van der Waals surface area contributed by atoms with Crippen LogP contribution in [0.3, 0.4) is 0 Å². The minimum Gasteiger partial charge on any atom is -0.493 e. The quantitative estimate of drug-likeness (QED) is 0.256. The molecule has 0 aliphatic heterocycles. The van der Waals surface area contributed by atoms with Crippen LogP contribution in [0.2, 0.25) is 0 Å². The predicted octanol–water partition coefficient (Wildman–Crippen LogP) is 2.88. The predicted molar refractivity (Wildman–Crippen MR) is 125 cm³/mol. The maximum Gasteiger partial charge on any atom is 0.408 e. The monoisotopic (exact) mass is 468 g/mol. The molecule has 0 saturated carbocycles. The number of carbonyl (C=O) groups excluding carboxylic acids is 2. The Morgan fingerprint density at radius 1 is 1.06 bits per heavy atom. The first kappa shape index (κ1) is 27.7. The van der Waals surface area contributed by atoms with Crippen LogP contribution >= 0.6 is 0 Å². The lowest BCUT2D eigenvalue weighted by atomic mass is 10.0. The lowest BCUT2D eigenvalue weighted by Crippen LogP contribution is -2.47. The maximum atomic E-state index is 12.3. The van der Waals surface area contributed by atoms with Crippen molar-refractivity contribution in [3.63, 3.8) is 0 Å². The third-order valence-corrected chi connectivity index (χ3v) is 4.07. The number of nitrogens with one attached hydrogen (secondary N) is 2. The van der Waals surface area contributed by atoms with Crippen molar-refractivity contribution in [2.45, 2.75) is 52.7 Å². The first-order chi connectivity index (χ1) is 15.4. The number of hydrogen-bond donors (Lipinski definition) is 3. The molecule has 0 bridgehead atoms. The first-order valence-electron chi connectivity index (χ1n) is 10.4. The normalized spacial score (nSPS) is 12.6. The number of methoxy groups -OCH3 is 3. The Labute approximate surface area is 194 Å². The standard InChI is InChI=1S/C22H36N4O7/c1-13(2)9-15(25-21(28)33-22(3,4)5)20(23)26-32-12-18(27)24-14-10-16(29-6)19(31-8)17(11-14)30-7/h10-11,13,15H,9,12H2,1-8H3,(H2,23,26)(H,24,27)(H,25,28). The van der Waals surface area contributed by atoms with Gasteiger partial charge in [0.1, 0.15) is 5.60 Å². The molecule has 0 aliphatic rings. The number of amidine groups is 1. The van der Waals surface area contributed by atoms with Crippen molar-refractivity contribution < 1.29 is 33.4 Å². The molecule has 1 unspecified atom stereocenters. The SMILES string of the molecule is COc1cc(NC(=O)CO/N=C(/N)C(CC(C)C)NC(=O)OC(C)(C)C)cc(OC)c1OC. The van der Waals surface area contributed by atoms with E-state index in [1.807, 2.05) is 13.8 Å². The number of alkyl carbamates (subject to hydrolysis) is 1. The van der Waals surface area contributed by atoms with E-state index in [4.69, 9.17) is 29.5 Å². The van der Waals surface area contributed by atoms with E-state index in [0.29, 0.717) is 29.4 Å². The molecule has 11 nitrogen and oxygen atoms in total. The average molecular weight is 469 g/mol. The number of rotatable bonds is 11. The molecule has 11 heteroatoms. The smallest absolute Gasteiger partial charge is 0.408 e. The van der Waals surface area contributed by atoms with Crippen LogP contribution in [0.15, 0.2) is 17.3 Å². The molecule has 0 saturated heterocycles. The summed E-state index contributed by atoms with van der Waals surface area (Å²) in [7, 11) is 4.43. The Hall–Kier alpha value is -3.37. The number of hydrogen-bond acceptors (Lipinski definition) is 8. The van der Waals surface area contributed by atoms with Crippen LogP contribution in [0, 0.1) is 5.92 Å². The van der Waals surface area contributed by atoms with Crippen LogP contribution in [-0.2, 0) is 14.4 Å². The number of anilines is 1. The lowest BCUT2D eigenvalue weighted by molar-refractivity contribution is -0.120. The molecule has 1 atom stereocenters. The van der Waals surface area contributed by atoms with Gasteiger partial charge in [-0.2, -0.15) is 0 Å². The van der Waals surface area contributed by atoms with Crippen LogP contribution < -0.4 is 30.6 Å². The van der Waals surface area contributed by atoms with E-state index < -0.39 is 30.3 Å². The topological polar surface area (TPSA) is 143 Å². The number of nitrogens with zero attached hydrogens (tertiary/aromatic N) is 1. The number of oxime groups is 1. The molecule has 0 aliphatic carbocycles. The third-order valence-electron chi connectivity index (χ3n) is 4.07. The number of amides is 2. The minimum absolute atomic E-state index is 0.0233. The van der Waals surface area contributed by atoms with Gasteiger partial charge in [-0.05, 0) is 33.1 Å². The highest BCUT2D eigenvalue weighted by Gasteiger charge is 2.23. The first-order valence-corrected chi connectivity index (χ1v) is 10.4. The summed E-state index contributed by atoms with van der Waals surface area (Å²) in [6.45, 7) is 8.83. The summed E-state index contributed by atoms with van der Waals surface area (Å²) in [5.41, 5.74) is 5.76. The van der Waals surface area contributed by atoms with Crippen molar-refractivity contribution in [2.24, 2.45) is 16.8 Å². The third kappa shape index (κ3) is 9.75. The van der Waals surface area contributed by atoms with Crippen LogP contribution in [-0.4, -0.2) is 57.4 Å². The zero-order valence-electron chi connectivity index (χ0n) is 20.6.